The van der Waals surface area contributed by atoms with E-state index in [1.165, 1.54) is 22.7 Å². The van der Waals surface area contributed by atoms with Crippen molar-refractivity contribution in [1.82, 2.24) is 14.5 Å². The first kappa shape index (κ1) is 16.6. The Balaban J connectivity index is 1.42. The van der Waals surface area contributed by atoms with Crippen LogP contribution < -0.4 is 5.32 Å². The second-order valence-electron chi connectivity index (χ2n) is 7.43. The Morgan fingerprint density at radius 2 is 1.93 bits per heavy atom. The molecule has 1 aromatic carbocycles. The van der Waals surface area contributed by atoms with Gasteiger partial charge in [-0.15, -0.1) is 11.3 Å². The highest BCUT2D eigenvalue weighted by molar-refractivity contribution is 7.13. The summed E-state index contributed by atoms with van der Waals surface area (Å²) in [6, 6.07) is 12.7. The van der Waals surface area contributed by atoms with Gasteiger partial charge in [0.1, 0.15) is 4.88 Å². The lowest BCUT2D eigenvalue weighted by Gasteiger charge is -2.46. The SMILES string of the molecule is Cc1nc(C)c(C(=O)N2CCC3(CC2)Nc2ccccc2-n2cccc23)s1. The first-order valence-electron chi connectivity index (χ1n) is 9.36. The van der Waals surface area contributed by atoms with Crippen molar-refractivity contribution in [2.75, 3.05) is 18.4 Å². The van der Waals surface area contributed by atoms with E-state index in [2.05, 4.69) is 57.5 Å². The van der Waals surface area contributed by atoms with Gasteiger partial charge in [-0.1, -0.05) is 12.1 Å². The molecule has 2 aliphatic heterocycles. The number of carbonyl (C=O) groups is 1. The third-order valence-electron chi connectivity index (χ3n) is 5.78. The third-order valence-corrected chi connectivity index (χ3v) is 6.84. The van der Waals surface area contributed by atoms with Crippen molar-refractivity contribution < 1.29 is 4.79 Å². The fourth-order valence-electron chi connectivity index (χ4n) is 4.44. The molecule has 5 nitrogen and oxygen atoms in total. The number of benzene rings is 1. The van der Waals surface area contributed by atoms with Crippen LogP contribution >= 0.6 is 11.3 Å². The molecule has 0 aliphatic carbocycles. The van der Waals surface area contributed by atoms with Crippen molar-refractivity contribution in [2.24, 2.45) is 0 Å². The molecule has 4 heterocycles. The predicted molar refractivity (Wildman–Crippen MR) is 108 cm³/mol. The van der Waals surface area contributed by atoms with Crippen LogP contribution in [0.15, 0.2) is 42.6 Å². The van der Waals surface area contributed by atoms with Crippen molar-refractivity contribution in [3.63, 3.8) is 0 Å². The summed E-state index contributed by atoms with van der Waals surface area (Å²) in [5, 5.41) is 4.75. The van der Waals surface area contributed by atoms with Gasteiger partial charge in [0.15, 0.2) is 0 Å². The summed E-state index contributed by atoms with van der Waals surface area (Å²) in [4.78, 5) is 20.2. The third kappa shape index (κ3) is 2.51. The van der Waals surface area contributed by atoms with Gasteiger partial charge in [-0.2, -0.15) is 0 Å². The molecular weight excluding hydrogens is 356 g/mol. The predicted octanol–water partition coefficient (Wildman–Crippen LogP) is 4.11. The van der Waals surface area contributed by atoms with E-state index in [1.807, 2.05) is 18.7 Å². The lowest BCUT2D eigenvalue weighted by atomic mass is 9.82. The van der Waals surface area contributed by atoms with Crippen LogP contribution in [0.5, 0.6) is 0 Å². The van der Waals surface area contributed by atoms with Crippen molar-refractivity contribution in [2.45, 2.75) is 32.2 Å². The van der Waals surface area contributed by atoms with Crippen LogP contribution in [0.3, 0.4) is 0 Å². The summed E-state index contributed by atoms with van der Waals surface area (Å²) in [7, 11) is 0. The number of amides is 1. The topological polar surface area (TPSA) is 50.2 Å². The molecule has 5 rings (SSSR count). The summed E-state index contributed by atoms with van der Waals surface area (Å²) < 4.78 is 2.29. The fraction of sp³-hybridized carbons (Fsp3) is 0.333. The molecule has 0 saturated carbocycles. The number of piperidine rings is 1. The molecular formula is C21H22N4OS. The molecule has 6 heteroatoms. The number of thiazole rings is 1. The minimum Gasteiger partial charge on any atom is -0.372 e. The molecule has 2 aromatic heterocycles. The Kier molecular flexibility index (Phi) is 3.65. The maximum atomic E-state index is 13.0. The number of hydrogen-bond acceptors (Lipinski definition) is 4. The number of aryl methyl sites for hydroxylation is 2. The van der Waals surface area contributed by atoms with Gasteiger partial charge >= 0.3 is 0 Å². The highest BCUT2D eigenvalue weighted by Gasteiger charge is 2.42. The van der Waals surface area contributed by atoms with E-state index in [0.29, 0.717) is 0 Å². The number of hydrogen-bond donors (Lipinski definition) is 1. The monoisotopic (exact) mass is 378 g/mol. The number of likely N-dealkylation sites (tertiary alicyclic amines) is 1. The number of anilines is 1. The quantitative estimate of drug-likeness (QED) is 0.693. The minimum atomic E-state index is -0.118. The molecule has 0 bridgehead atoms. The smallest absolute Gasteiger partial charge is 0.265 e. The van der Waals surface area contributed by atoms with Gasteiger partial charge in [-0.3, -0.25) is 4.79 Å². The summed E-state index contributed by atoms with van der Waals surface area (Å²) in [5.41, 5.74) is 4.37. The molecule has 1 spiro atoms. The molecule has 1 fully saturated rings. The van der Waals surface area contributed by atoms with Crippen LogP contribution in [0.1, 0.15) is 38.9 Å². The van der Waals surface area contributed by atoms with E-state index in [9.17, 15) is 4.79 Å². The van der Waals surface area contributed by atoms with Gasteiger partial charge < -0.3 is 14.8 Å². The number of aromatic nitrogens is 2. The van der Waals surface area contributed by atoms with Crippen LogP contribution in [-0.4, -0.2) is 33.4 Å². The molecule has 27 heavy (non-hydrogen) atoms. The van der Waals surface area contributed by atoms with Crippen molar-refractivity contribution in [1.29, 1.82) is 0 Å². The zero-order chi connectivity index (χ0) is 18.6. The van der Waals surface area contributed by atoms with Gasteiger partial charge in [-0.25, -0.2) is 4.98 Å². The van der Waals surface area contributed by atoms with E-state index in [-0.39, 0.29) is 11.4 Å². The summed E-state index contributed by atoms with van der Waals surface area (Å²) in [6.45, 7) is 5.37. The molecule has 0 unspecified atom stereocenters. The number of nitrogens with one attached hydrogen (secondary N) is 1. The lowest BCUT2D eigenvalue weighted by molar-refractivity contribution is 0.0680. The van der Waals surface area contributed by atoms with Crippen LogP contribution in [0, 0.1) is 13.8 Å². The molecule has 0 radical (unpaired) electrons. The maximum absolute atomic E-state index is 13.0. The van der Waals surface area contributed by atoms with E-state index < -0.39 is 0 Å². The summed E-state index contributed by atoms with van der Waals surface area (Å²) in [6.07, 6.45) is 3.93. The first-order valence-corrected chi connectivity index (χ1v) is 10.2. The lowest BCUT2D eigenvalue weighted by Crippen LogP contribution is -2.51. The molecule has 1 amide bonds. The van der Waals surface area contributed by atoms with Gasteiger partial charge in [-0.05, 0) is 51.0 Å². The first-order chi connectivity index (χ1) is 13.1. The second-order valence-corrected chi connectivity index (χ2v) is 8.63. The summed E-state index contributed by atoms with van der Waals surface area (Å²) in [5.74, 6) is 0.125. The Bertz CT molecular complexity index is 1030. The normalized spacial score (nSPS) is 17.3. The highest BCUT2D eigenvalue weighted by Crippen LogP contribution is 2.43. The Morgan fingerprint density at radius 3 is 2.67 bits per heavy atom. The summed E-state index contributed by atoms with van der Waals surface area (Å²) >= 11 is 1.50. The molecule has 0 atom stereocenters. The number of rotatable bonds is 1. The maximum Gasteiger partial charge on any atom is 0.265 e. The van der Waals surface area contributed by atoms with Gasteiger partial charge in [0.25, 0.3) is 5.91 Å². The van der Waals surface area contributed by atoms with E-state index >= 15 is 0 Å². The van der Waals surface area contributed by atoms with Gasteiger partial charge in [0.05, 0.1) is 27.6 Å². The average molecular weight is 379 g/mol. The van der Waals surface area contributed by atoms with Gasteiger partial charge in [0.2, 0.25) is 0 Å². The van der Waals surface area contributed by atoms with Crippen molar-refractivity contribution >= 4 is 22.9 Å². The molecule has 1 saturated heterocycles. The Morgan fingerprint density at radius 1 is 1.15 bits per heavy atom. The van der Waals surface area contributed by atoms with Crippen molar-refractivity contribution in [3.8, 4) is 5.69 Å². The van der Waals surface area contributed by atoms with E-state index in [4.69, 9.17) is 0 Å². The van der Waals surface area contributed by atoms with Gasteiger partial charge in [0, 0.05) is 25.0 Å². The Labute approximate surface area is 162 Å². The Hall–Kier alpha value is -2.60. The fourth-order valence-corrected chi connectivity index (χ4v) is 5.33. The van der Waals surface area contributed by atoms with E-state index in [1.54, 1.807) is 0 Å². The van der Waals surface area contributed by atoms with Crippen molar-refractivity contribution in [3.05, 3.63) is 63.9 Å². The zero-order valence-electron chi connectivity index (χ0n) is 15.5. The van der Waals surface area contributed by atoms with E-state index in [0.717, 1.165) is 47.2 Å². The van der Waals surface area contributed by atoms with Crippen LogP contribution in [0.2, 0.25) is 0 Å². The molecule has 138 valence electrons. The minimum absolute atomic E-state index is 0.118. The number of fused-ring (bicyclic) bond motifs is 4. The van der Waals surface area contributed by atoms with Crippen LogP contribution in [-0.2, 0) is 5.54 Å². The number of para-hydroxylation sites is 2. The zero-order valence-corrected chi connectivity index (χ0v) is 16.3. The van der Waals surface area contributed by atoms with Crippen LogP contribution in [0.25, 0.3) is 5.69 Å². The van der Waals surface area contributed by atoms with Crippen LogP contribution in [0.4, 0.5) is 5.69 Å². The standard InChI is InChI=1S/C21H22N4OS/c1-14-19(27-15(2)22-14)20(26)24-12-9-21(10-13-24)18-8-5-11-25(18)17-7-4-3-6-16(17)23-21/h3-8,11,23H,9-10,12-13H2,1-2H3. The molecule has 1 N–H and O–H groups in total. The molecule has 2 aliphatic rings. The average Bonchev–Trinajstić information content (AvgIpc) is 3.29. The molecule has 3 aromatic rings. The highest BCUT2D eigenvalue weighted by atomic mass is 32.1. The number of nitrogens with zero attached hydrogens (tertiary/aromatic N) is 3. The number of carbonyl (C=O) groups excluding carboxylic acids is 1. The largest absolute Gasteiger partial charge is 0.372 e. The second kappa shape index (κ2) is 5.96.